The van der Waals surface area contributed by atoms with Gasteiger partial charge >= 0.3 is 0 Å². The number of aromatic nitrogens is 3. The molecule has 0 atom stereocenters. The van der Waals surface area contributed by atoms with Gasteiger partial charge in [0.2, 0.25) is 11.7 Å². The molecule has 0 unspecified atom stereocenters. The molecule has 2 heterocycles. The number of thiazole rings is 1. The molecular formula is C20H15ClFN5OS. The summed E-state index contributed by atoms with van der Waals surface area (Å²) in [5.41, 5.74) is 8.17. The lowest BCUT2D eigenvalue weighted by atomic mass is 10.2. The number of aryl methyl sites for hydroxylation is 1. The first-order chi connectivity index (χ1) is 13.9. The van der Waals surface area contributed by atoms with E-state index in [2.05, 4.69) is 15.3 Å². The molecule has 4 rings (SSSR count). The number of hydrogen-bond acceptors (Lipinski definition) is 6. The van der Waals surface area contributed by atoms with Crippen LogP contribution in [-0.4, -0.2) is 20.3 Å². The SMILES string of the molecule is Cc1nc(Nc2ccc(Cl)cc2)sc1C(=O)c1cnc(N)n1-c1ccc(F)cc1. The molecule has 6 nitrogen and oxygen atoms in total. The molecule has 0 saturated heterocycles. The molecule has 29 heavy (non-hydrogen) atoms. The summed E-state index contributed by atoms with van der Waals surface area (Å²) in [5, 5.41) is 4.37. The molecule has 0 fully saturated rings. The molecule has 0 radical (unpaired) electrons. The van der Waals surface area contributed by atoms with Crippen molar-refractivity contribution >= 4 is 45.5 Å². The average Bonchev–Trinajstić information content (AvgIpc) is 3.26. The summed E-state index contributed by atoms with van der Waals surface area (Å²) in [4.78, 5) is 22.1. The summed E-state index contributed by atoms with van der Waals surface area (Å²) < 4.78 is 14.8. The van der Waals surface area contributed by atoms with E-state index in [0.717, 1.165) is 5.69 Å². The van der Waals surface area contributed by atoms with E-state index in [-0.39, 0.29) is 23.2 Å². The number of rotatable bonds is 5. The van der Waals surface area contributed by atoms with E-state index in [1.165, 1.54) is 46.4 Å². The number of carbonyl (C=O) groups is 1. The van der Waals surface area contributed by atoms with E-state index in [1.54, 1.807) is 19.1 Å². The Morgan fingerprint density at radius 1 is 1.17 bits per heavy atom. The first kappa shape index (κ1) is 19.1. The number of nitrogens with zero attached hydrogens (tertiary/aromatic N) is 3. The van der Waals surface area contributed by atoms with Gasteiger partial charge in [0.25, 0.3) is 0 Å². The van der Waals surface area contributed by atoms with Crippen molar-refractivity contribution in [2.24, 2.45) is 0 Å². The lowest BCUT2D eigenvalue weighted by Gasteiger charge is -2.08. The summed E-state index contributed by atoms with van der Waals surface area (Å²) >= 11 is 7.14. The number of nitrogens with two attached hydrogens (primary N) is 1. The Labute approximate surface area is 174 Å². The molecule has 0 aliphatic heterocycles. The zero-order chi connectivity index (χ0) is 20.5. The third kappa shape index (κ3) is 3.85. The summed E-state index contributed by atoms with van der Waals surface area (Å²) in [7, 11) is 0. The molecule has 146 valence electrons. The van der Waals surface area contributed by atoms with Crippen LogP contribution >= 0.6 is 22.9 Å². The van der Waals surface area contributed by atoms with Gasteiger partial charge in [-0.3, -0.25) is 9.36 Å². The number of anilines is 3. The molecule has 4 aromatic rings. The first-order valence-electron chi connectivity index (χ1n) is 8.56. The Morgan fingerprint density at radius 2 is 1.86 bits per heavy atom. The average molecular weight is 428 g/mol. The maximum atomic E-state index is 13.3. The van der Waals surface area contributed by atoms with E-state index in [1.807, 2.05) is 12.1 Å². The fourth-order valence-corrected chi connectivity index (χ4v) is 3.88. The Kier molecular flexibility index (Phi) is 5.04. The molecule has 0 aliphatic rings. The second kappa shape index (κ2) is 7.65. The number of ketones is 1. The van der Waals surface area contributed by atoms with Crippen LogP contribution in [0.25, 0.3) is 5.69 Å². The van der Waals surface area contributed by atoms with Crippen molar-refractivity contribution in [1.29, 1.82) is 0 Å². The third-order valence-electron chi connectivity index (χ3n) is 4.20. The monoisotopic (exact) mass is 427 g/mol. The molecular weight excluding hydrogens is 413 g/mol. The highest BCUT2D eigenvalue weighted by atomic mass is 35.5. The molecule has 0 aliphatic carbocycles. The van der Waals surface area contributed by atoms with E-state index in [9.17, 15) is 9.18 Å². The number of nitrogen functional groups attached to an aromatic ring is 1. The Bertz CT molecular complexity index is 1180. The van der Waals surface area contributed by atoms with Crippen molar-refractivity contribution < 1.29 is 9.18 Å². The minimum absolute atomic E-state index is 0.140. The van der Waals surface area contributed by atoms with Crippen molar-refractivity contribution in [1.82, 2.24) is 14.5 Å². The molecule has 0 amide bonds. The topological polar surface area (TPSA) is 85.8 Å². The van der Waals surface area contributed by atoms with Crippen molar-refractivity contribution in [2.45, 2.75) is 6.92 Å². The number of carbonyl (C=O) groups excluding carboxylic acids is 1. The number of nitrogens with one attached hydrogen (secondary N) is 1. The van der Waals surface area contributed by atoms with E-state index in [0.29, 0.717) is 26.4 Å². The van der Waals surface area contributed by atoms with Gasteiger partial charge in [-0.25, -0.2) is 14.4 Å². The second-order valence-electron chi connectivity index (χ2n) is 6.21. The maximum Gasteiger partial charge on any atom is 0.223 e. The highest BCUT2D eigenvalue weighted by Crippen LogP contribution is 2.29. The second-order valence-corrected chi connectivity index (χ2v) is 7.64. The number of benzene rings is 2. The van der Waals surface area contributed by atoms with Crippen molar-refractivity contribution in [3.63, 3.8) is 0 Å². The molecule has 3 N–H and O–H groups in total. The normalized spacial score (nSPS) is 10.9. The van der Waals surface area contributed by atoms with Gasteiger partial charge in [0, 0.05) is 16.4 Å². The smallest absolute Gasteiger partial charge is 0.223 e. The largest absolute Gasteiger partial charge is 0.369 e. The van der Waals surface area contributed by atoms with Crippen LogP contribution in [0.1, 0.15) is 21.1 Å². The number of hydrogen-bond donors (Lipinski definition) is 2. The van der Waals surface area contributed by atoms with Gasteiger partial charge in [0.15, 0.2) is 5.13 Å². The standard InChI is InChI=1S/C20H15ClFN5OS/c1-11-18(29-20(25-11)26-14-6-2-12(21)3-7-14)17(28)16-10-24-19(23)27(16)15-8-4-13(22)5-9-15/h2-10H,1H3,(H2,23,24)(H,25,26). The van der Waals surface area contributed by atoms with Crippen LogP contribution in [0.5, 0.6) is 0 Å². The van der Waals surface area contributed by atoms with Gasteiger partial charge in [0.1, 0.15) is 16.4 Å². The first-order valence-corrected chi connectivity index (χ1v) is 9.75. The van der Waals surface area contributed by atoms with Crippen LogP contribution in [0.15, 0.2) is 54.7 Å². The van der Waals surface area contributed by atoms with Crippen LogP contribution < -0.4 is 11.1 Å². The molecule has 0 saturated carbocycles. The Hall–Kier alpha value is -3.23. The predicted octanol–water partition coefficient (Wildman–Crippen LogP) is 4.99. The fourth-order valence-electron chi connectivity index (χ4n) is 2.82. The van der Waals surface area contributed by atoms with Gasteiger partial charge in [0.05, 0.1) is 11.9 Å². The lowest BCUT2D eigenvalue weighted by Crippen LogP contribution is -2.10. The van der Waals surface area contributed by atoms with Gasteiger partial charge in [-0.15, -0.1) is 0 Å². The summed E-state index contributed by atoms with van der Waals surface area (Å²) in [6, 6.07) is 12.9. The molecule has 0 spiro atoms. The lowest BCUT2D eigenvalue weighted by molar-refractivity contribution is 0.103. The highest BCUT2D eigenvalue weighted by Gasteiger charge is 2.23. The molecule has 9 heteroatoms. The molecule has 2 aromatic carbocycles. The zero-order valence-electron chi connectivity index (χ0n) is 15.2. The van der Waals surface area contributed by atoms with E-state index >= 15 is 0 Å². The minimum Gasteiger partial charge on any atom is -0.369 e. The summed E-state index contributed by atoms with van der Waals surface area (Å²) in [5.74, 6) is -0.504. The predicted molar refractivity (Wildman–Crippen MR) is 113 cm³/mol. The quantitative estimate of drug-likeness (QED) is 0.438. The molecule has 0 bridgehead atoms. The van der Waals surface area contributed by atoms with Crippen LogP contribution in [0.3, 0.4) is 0 Å². The summed E-state index contributed by atoms with van der Waals surface area (Å²) in [6.07, 6.45) is 1.41. The van der Waals surface area contributed by atoms with E-state index in [4.69, 9.17) is 17.3 Å². The Balaban J connectivity index is 1.66. The van der Waals surface area contributed by atoms with E-state index < -0.39 is 0 Å². The zero-order valence-corrected chi connectivity index (χ0v) is 16.8. The van der Waals surface area contributed by atoms with Crippen LogP contribution in [0, 0.1) is 12.7 Å². The molecule has 2 aromatic heterocycles. The van der Waals surface area contributed by atoms with Crippen LogP contribution in [0.2, 0.25) is 5.02 Å². The van der Waals surface area contributed by atoms with Crippen LogP contribution in [-0.2, 0) is 0 Å². The fraction of sp³-hybridized carbons (Fsp3) is 0.0500. The van der Waals surface area contributed by atoms with Crippen molar-refractivity contribution in [2.75, 3.05) is 11.1 Å². The Morgan fingerprint density at radius 3 is 2.55 bits per heavy atom. The maximum absolute atomic E-state index is 13.3. The number of imidazole rings is 1. The van der Waals surface area contributed by atoms with Gasteiger partial charge < -0.3 is 11.1 Å². The van der Waals surface area contributed by atoms with Gasteiger partial charge in [-0.1, -0.05) is 22.9 Å². The van der Waals surface area contributed by atoms with Gasteiger partial charge in [-0.2, -0.15) is 0 Å². The van der Waals surface area contributed by atoms with Crippen LogP contribution in [0.4, 0.5) is 21.2 Å². The van der Waals surface area contributed by atoms with Crippen molar-refractivity contribution in [3.05, 3.63) is 81.8 Å². The minimum atomic E-state index is -0.378. The number of halogens is 2. The van der Waals surface area contributed by atoms with Crippen molar-refractivity contribution in [3.8, 4) is 5.69 Å². The highest BCUT2D eigenvalue weighted by molar-refractivity contribution is 7.17. The van der Waals surface area contributed by atoms with Gasteiger partial charge in [-0.05, 0) is 55.5 Å². The third-order valence-corrected chi connectivity index (χ3v) is 5.53. The summed E-state index contributed by atoms with van der Waals surface area (Å²) in [6.45, 7) is 1.76.